The Labute approximate surface area is 200 Å². The van der Waals surface area contributed by atoms with Gasteiger partial charge in [-0.25, -0.2) is 9.78 Å². The molecule has 0 atom stereocenters. The standard InChI is InChI=1S/C24H18BrN5O4/c1-33-19-8-5-14(10-15(19)13-34-20-4-2-3-9-26-20)12-27-30-23(31)22-21(29-24(30)32)17-11-16(25)6-7-18(17)28-22/h2-12,28H,13H2,1H3,(H,29,32)/b27-12-. The minimum atomic E-state index is -0.637. The number of hydrogen-bond acceptors (Lipinski definition) is 6. The largest absolute Gasteiger partial charge is 0.496 e. The number of aromatic amines is 2. The number of ether oxygens (including phenoxy) is 2. The maximum absolute atomic E-state index is 13.0. The Kier molecular flexibility index (Phi) is 5.72. The van der Waals surface area contributed by atoms with Gasteiger partial charge in [0.1, 0.15) is 17.9 Å². The van der Waals surface area contributed by atoms with Crippen molar-refractivity contribution in [3.05, 3.63) is 97.2 Å². The fraction of sp³-hybridized carbons (Fsp3) is 0.0833. The van der Waals surface area contributed by atoms with E-state index in [-0.39, 0.29) is 12.1 Å². The zero-order chi connectivity index (χ0) is 23.7. The van der Waals surface area contributed by atoms with E-state index in [1.54, 1.807) is 37.6 Å². The number of aromatic nitrogens is 4. The van der Waals surface area contributed by atoms with E-state index in [4.69, 9.17) is 9.47 Å². The Morgan fingerprint density at radius 2 is 1.97 bits per heavy atom. The number of methoxy groups -OCH3 is 1. The van der Waals surface area contributed by atoms with E-state index in [1.165, 1.54) is 6.21 Å². The maximum Gasteiger partial charge on any atom is 0.350 e. The molecular formula is C24H18BrN5O4. The van der Waals surface area contributed by atoms with Crippen LogP contribution in [-0.4, -0.2) is 33.0 Å². The number of rotatable bonds is 6. The highest BCUT2D eigenvalue weighted by atomic mass is 79.9. The van der Waals surface area contributed by atoms with Gasteiger partial charge in [0, 0.05) is 33.2 Å². The van der Waals surface area contributed by atoms with Crippen LogP contribution in [0.3, 0.4) is 0 Å². The molecule has 5 rings (SSSR count). The van der Waals surface area contributed by atoms with Crippen molar-refractivity contribution >= 4 is 44.1 Å². The number of halogens is 1. The summed E-state index contributed by atoms with van der Waals surface area (Å²) in [5, 5.41) is 4.88. The van der Waals surface area contributed by atoms with Crippen LogP contribution in [0.4, 0.5) is 0 Å². The Bertz CT molecular complexity index is 1650. The first kappa shape index (κ1) is 21.7. The van der Waals surface area contributed by atoms with E-state index in [0.29, 0.717) is 22.7 Å². The van der Waals surface area contributed by atoms with Gasteiger partial charge in [-0.2, -0.15) is 5.10 Å². The quantitative estimate of drug-likeness (QED) is 0.331. The second-order valence-electron chi connectivity index (χ2n) is 7.38. The van der Waals surface area contributed by atoms with Crippen LogP contribution >= 0.6 is 15.9 Å². The Morgan fingerprint density at radius 1 is 1.09 bits per heavy atom. The molecule has 3 heterocycles. The maximum atomic E-state index is 13.0. The summed E-state index contributed by atoms with van der Waals surface area (Å²) in [6, 6.07) is 16.3. The van der Waals surface area contributed by atoms with Crippen molar-refractivity contribution < 1.29 is 9.47 Å². The highest BCUT2D eigenvalue weighted by molar-refractivity contribution is 9.10. The van der Waals surface area contributed by atoms with Gasteiger partial charge < -0.3 is 19.4 Å². The van der Waals surface area contributed by atoms with Gasteiger partial charge in [0.05, 0.1) is 18.8 Å². The molecule has 0 radical (unpaired) electrons. The normalized spacial score (nSPS) is 11.5. The Morgan fingerprint density at radius 3 is 2.76 bits per heavy atom. The molecule has 34 heavy (non-hydrogen) atoms. The van der Waals surface area contributed by atoms with Crippen LogP contribution in [0.25, 0.3) is 21.9 Å². The van der Waals surface area contributed by atoms with Gasteiger partial charge >= 0.3 is 11.2 Å². The van der Waals surface area contributed by atoms with Crippen molar-refractivity contribution in [3.63, 3.8) is 0 Å². The van der Waals surface area contributed by atoms with Gasteiger partial charge in [0.15, 0.2) is 0 Å². The molecule has 5 aromatic rings. The van der Waals surface area contributed by atoms with E-state index in [9.17, 15) is 9.59 Å². The van der Waals surface area contributed by atoms with Crippen LogP contribution in [0.5, 0.6) is 11.6 Å². The summed E-state index contributed by atoms with van der Waals surface area (Å²) in [5.74, 6) is 1.12. The third-order valence-electron chi connectivity index (χ3n) is 5.23. The molecule has 10 heteroatoms. The summed E-state index contributed by atoms with van der Waals surface area (Å²) in [6.45, 7) is 0.221. The number of hydrogen-bond donors (Lipinski definition) is 2. The van der Waals surface area contributed by atoms with Gasteiger partial charge in [-0.3, -0.25) is 4.79 Å². The van der Waals surface area contributed by atoms with Crippen molar-refractivity contribution in [2.45, 2.75) is 6.61 Å². The van der Waals surface area contributed by atoms with Crippen LogP contribution in [-0.2, 0) is 6.61 Å². The van der Waals surface area contributed by atoms with E-state index >= 15 is 0 Å². The average Bonchev–Trinajstić information content (AvgIpc) is 3.21. The number of H-pyrrole nitrogens is 2. The highest BCUT2D eigenvalue weighted by Crippen LogP contribution is 2.24. The van der Waals surface area contributed by atoms with E-state index in [2.05, 4.69) is 36.0 Å². The SMILES string of the molecule is COc1ccc(/C=N\n2c(=O)[nH]c3c([nH]c4ccc(Br)cc43)c2=O)cc1COc1ccccn1. The Balaban J connectivity index is 1.49. The summed E-state index contributed by atoms with van der Waals surface area (Å²) in [7, 11) is 1.57. The molecule has 0 aliphatic heterocycles. The first-order valence-corrected chi connectivity index (χ1v) is 11.0. The number of benzene rings is 2. The Hall–Kier alpha value is -4.18. The average molecular weight is 520 g/mol. The minimum absolute atomic E-state index is 0.221. The summed E-state index contributed by atoms with van der Waals surface area (Å²) in [6.07, 6.45) is 3.08. The third-order valence-corrected chi connectivity index (χ3v) is 5.72. The van der Waals surface area contributed by atoms with Crippen molar-refractivity contribution in [3.8, 4) is 11.6 Å². The van der Waals surface area contributed by atoms with E-state index < -0.39 is 11.2 Å². The van der Waals surface area contributed by atoms with Gasteiger partial charge in [0.25, 0.3) is 0 Å². The molecule has 170 valence electrons. The lowest BCUT2D eigenvalue weighted by Gasteiger charge is -2.10. The molecule has 0 unspecified atom stereocenters. The van der Waals surface area contributed by atoms with Gasteiger partial charge in [-0.15, -0.1) is 4.68 Å². The lowest BCUT2D eigenvalue weighted by atomic mass is 10.1. The van der Waals surface area contributed by atoms with Crippen LogP contribution in [0.1, 0.15) is 11.1 Å². The van der Waals surface area contributed by atoms with Crippen LogP contribution < -0.4 is 20.7 Å². The second-order valence-corrected chi connectivity index (χ2v) is 8.30. The zero-order valence-electron chi connectivity index (χ0n) is 17.9. The number of nitrogens with one attached hydrogen (secondary N) is 2. The molecule has 0 fully saturated rings. The lowest BCUT2D eigenvalue weighted by molar-refractivity contribution is 0.285. The predicted molar refractivity (Wildman–Crippen MR) is 133 cm³/mol. The summed E-state index contributed by atoms with van der Waals surface area (Å²) in [4.78, 5) is 35.6. The van der Waals surface area contributed by atoms with Crippen LogP contribution in [0.2, 0.25) is 0 Å². The monoisotopic (exact) mass is 519 g/mol. The summed E-state index contributed by atoms with van der Waals surface area (Å²) in [5.41, 5.74) is 1.68. The molecule has 2 aromatic carbocycles. The van der Waals surface area contributed by atoms with Crippen molar-refractivity contribution in [1.29, 1.82) is 0 Å². The van der Waals surface area contributed by atoms with Crippen molar-refractivity contribution in [2.75, 3.05) is 7.11 Å². The second kappa shape index (κ2) is 8.99. The fourth-order valence-corrected chi connectivity index (χ4v) is 3.98. The smallest absolute Gasteiger partial charge is 0.350 e. The first-order valence-electron chi connectivity index (χ1n) is 10.2. The van der Waals surface area contributed by atoms with Crippen molar-refractivity contribution in [1.82, 2.24) is 19.6 Å². The predicted octanol–water partition coefficient (Wildman–Crippen LogP) is 3.80. The molecule has 0 amide bonds. The molecule has 0 aliphatic rings. The topological polar surface area (TPSA) is 114 Å². The highest BCUT2D eigenvalue weighted by Gasteiger charge is 2.13. The molecule has 9 nitrogen and oxygen atoms in total. The lowest BCUT2D eigenvalue weighted by Crippen LogP contribution is -2.32. The van der Waals surface area contributed by atoms with E-state index in [0.717, 1.165) is 25.6 Å². The fourth-order valence-electron chi connectivity index (χ4n) is 3.62. The molecule has 0 saturated carbocycles. The molecule has 0 saturated heterocycles. The molecular weight excluding hydrogens is 502 g/mol. The number of pyridine rings is 1. The molecule has 2 N–H and O–H groups in total. The van der Waals surface area contributed by atoms with E-state index in [1.807, 2.05) is 30.3 Å². The number of fused-ring (bicyclic) bond motifs is 3. The minimum Gasteiger partial charge on any atom is -0.496 e. The number of nitrogens with zero attached hydrogens (tertiary/aromatic N) is 3. The third kappa shape index (κ3) is 4.11. The van der Waals surface area contributed by atoms with Crippen LogP contribution in [0.15, 0.2) is 80.0 Å². The summed E-state index contributed by atoms with van der Waals surface area (Å²) < 4.78 is 12.8. The van der Waals surface area contributed by atoms with Gasteiger partial charge in [-0.05, 0) is 48.0 Å². The molecule has 3 aromatic heterocycles. The van der Waals surface area contributed by atoms with Gasteiger partial charge in [0.2, 0.25) is 5.88 Å². The first-order chi connectivity index (χ1) is 16.5. The van der Waals surface area contributed by atoms with Crippen LogP contribution in [0, 0.1) is 0 Å². The van der Waals surface area contributed by atoms with Gasteiger partial charge in [-0.1, -0.05) is 22.0 Å². The molecule has 0 spiro atoms. The molecule has 0 bridgehead atoms. The van der Waals surface area contributed by atoms with Crippen molar-refractivity contribution in [2.24, 2.45) is 5.10 Å². The summed E-state index contributed by atoms with van der Waals surface area (Å²) >= 11 is 3.41. The molecule has 0 aliphatic carbocycles. The zero-order valence-corrected chi connectivity index (χ0v) is 19.5.